The average molecular weight is 153 g/mol. The van der Waals surface area contributed by atoms with Gasteiger partial charge < -0.3 is 9.80 Å². The monoisotopic (exact) mass is 153 g/mol. The second-order valence-corrected chi connectivity index (χ2v) is 2.83. The van der Waals surface area contributed by atoms with Crippen LogP contribution < -0.4 is 0 Å². The highest BCUT2D eigenvalue weighted by Gasteiger charge is 2.07. The molecule has 0 spiro atoms. The van der Waals surface area contributed by atoms with Crippen molar-refractivity contribution >= 4 is 6.21 Å². The topological polar surface area (TPSA) is 18.8 Å². The highest BCUT2D eigenvalue weighted by Crippen LogP contribution is 2.05. The minimum absolute atomic E-state index is 0.725. The molecule has 3 nitrogen and oxygen atoms in total. The lowest BCUT2D eigenvalue weighted by Crippen LogP contribution is -2.32. The van der Waals surface area contributed by atoms with Crippen molar-refractivity contribution in [3.05, 3.63) is 12.4 Å². The van der Waals surface area contributed by atoms with Crippen molar-refractivity contribution in [1.82, 2.24) is 9.80 Å². The van der Waals surface area contributed by atoms with E-state index in [2.05, 4.69) is 23.5 Å². The Morgan fingerprint density at radius 3 is 2.91 bits per heavy atom. The molecule has 1 heterocycles. The summed E-state index contributed by atoms with van der Waals surface area (Å²) in [4.78, 5) is 8.39. The Labute approximate surface area is 68.0 Å². The lowest BCUT2D eigenvalue weighted by Gasteiger charge is -2.29. The SMILES string of the molecule is C=C1N(C)CCC=NCN1C. The van der Waals surface area contributed by atoms with Gasteiger partial charge in [0.2, 0.25) is 0 Å². The van der Waals surface area contributed by atoms with Crippen molar-refractivity contribution in [1.29, 1.82) is 0 Å². The normalized spacial score (nSPS) is 20.0. The van der Waals surface area contributed by atoms with E-state index in [4.69, 9.17) is 0 Å². The highest BCUT2D eigenvalue weighted by atomic mass is 15.3. The molecule has 0 aromatic rings. The van der Waals surface area contributed by atoms with Crippen LogP contribution >= 0.6 is 0 Å². The first-order valence-electron chi connectivity index (χ1n) is 3.81. The summed E-state index contributed by atoms with van der Waals surface area (Å²) in [6.07, 6.45) is 2.99. The van der Waals surface area contributed by atoms with Gasteiger partial charge in [-0.15, -0.1) is 0 Å². The molecule has 1 aliphatic heterocycles. The summed E-state index contributed by atoms with van der Waals surface area (Å²) < 4.78 is 0. The number of rotatable bonds is 0. The van der Waals surface area contributed by atoms with E-state index in [-0.39, 0.29) is 0 Å². The second-order valence-electron chi connectivity index (χ2n) is 2.83. The van der Waals surface area contributed by atoms with Gasteiger partial charge in [0.05, 0.1) is 5.82 Å². The van der Waals surface area contributed by atoms with Crippen molar-refractivity contribution in [2.24, 2.45) is 4.99 Å². The van der Waals surface area contributed by atoms with Crippen LogP contribution in [0.3, 0.4) is 0 Å². The molecule has 0 aromatic carbocycles. The average Bonchev–Trinajstić information content (AvgIpc) is 2.00. The van der Waals surface area contributed by atoms with Crippen molar-refractivity contribution in [3.63, 3.8) is 0 Å². The zero-order valence-electron chi connectivity index (χ0n) is 7.25. The Bertz CT molecular complexity index is 174. The third-order valence-electron chi connectivity index (χ3n) is 1.90. The van der Waals surface area contributed by atoms with Gasteiger partial charge in [-0.1, -0.05) is 6.58 Å². The Morgan fingerprint density at radius 2 is 2.18 bits per heavy atom. The van der Waals surface area contributed by atoms with Crippen LogP contribution in [-0.2, 0) is 0 Å². The van der Waals surface area contributed by atoms with E-state index in [1.54, 1.807) is 0 Å². The lowest BCUT2D eigenvalue weighted by molar-refractivity contribution is 0.275. The van der Waals surface area contributed by atoms with Crippen molar-refractivity contribution in [3.8, 4) is 0 Å². The first kappa shape index (κ1) is 8.11. The number of nitrogens with zero attached hydrogens (tertiary/aromatic N) is 3. The number of aliphatic imine (C=N–C) groups is 1. The van der Waals surface area contributed by atoms with Crippen LogP contribution in [0.4, 0.5) is 0 Å². The fourth-order valence-electron chi connectivity index (χ4n) is 1.02. The Morgan fingerprint density at radius 1 is 1.45 bits per heavy atom. The third-order valence-corrected chi connectivity index (χ3v) is 1.90. The second kappa shape index (κ2) is 3.42. The molecule has 0 amide bonds. The molecule has 3 heteroatoms. The van der Waals surface area contributed by atoms with E-state index in [0.717, 1.165) is 25.5 Å². The first-order chi connectivity index (χ1) is 5.22. The maximum Gasteiger partial charge on any atom is 0.110 e. The van der Waals surface area contributed by atoms with Crippen LogP contribution in [-0.4, -0.2) is 43.3 Å². The van der Waals surface area contributed by atoms with Crippen LogP contribution in [0.15, 0.2) is 17.4 Å². The minimum atomic E-state index is 0.725. The van der Waals surface area contributed by atoms with Gasteiger partial charge in [0.15, 0.2) is 0 Å². The lowest BCUT2D eigenvalue weighted by atomic mass is 10.4. The van der Waals surface area contributed by atoms with Crippen LogP contribution in [0.1, 0.15) is 6.42 Å². The van der Waals surface area contributed by atoms with Crippen LogP contribution in [0.25, 0.3) is 0 Å². The summed E-state index contributed by atoms with van der Waals surface area (Å²) in [5, 5.41) is 0. The van der Waals surface area contributed by atoms with E-state index >= 15 is 0 Å². The quantitative estimate of drug-likeness (QED) is 0.511. The molecular weight excluding hydrogens is 138 g/mol. The van der Waals surface area contributed by atoms with Crippen LogP contribution in [0, 0.1) is 0 Å². The zero-order chi connectivity index (χ0) is 8.27. The molecule has 0 saturated heterocycles. The maximum atomic E-state index is 4.21. The predicted octanol–water partition coefficient (Wildman–Crippen LogP) is 0.753. The molecule has 0 unspecified atom stereocenters. The summed E-state index contributed by atoms with van der Waals surface area (Å²) in [5.74, 6) is 1.04. The molecule has 1 rings (SSSR count). The van der Waals surface area contributed by atoms with E-state index in [0.29, 0.717) is 0 Å². The molecule has 0 aliphatic carbocycles. The molecule has 0 radical (unpaired) electrons. The molecule has 0 N–H and O–H groups in total. The molecule has 1 aliphatic rings. The molecule has 0 fully saturated rings. The third kappa shape index (κ3) is 1.97. The van der Waals surface area contributed by atoms with Gasteiger partial charge >= 0.3 is 0 Å². The molecule has 0 atom stereocenters. The fourth-order valence-corrected chi connectivity index (χ4v) is 1.02. The molecular formula is C8H15N3. The van der Waals surface area contributed by atoms with Crippen molar-refractivity contribution < 1.29 is 0 Å². The summed E-state index contributed by atoms with van der Waals surface area (Å²) in [6, 6.07) is 0. The van der Waals surface area contributed by atoms with Gasteiger partial charge in [0.25, 0.3) is 0 Å². The molecule has 11 heavy (non-hydrogen) atoms. The molecule has 0 saturated carbocycles. The fraction of sp³-hybridized carbons (Fsp3) is 0.625. The minimum Gasteiger partial charge on any atom is -0.361 e. The van der Waals surface area contributed by atoms with Crippen molar-refractivity contribution in [2.45, 2.75) is 6.42 Å². The standard InChI is InChI=1S/C8H15N3/c1-8-10(2)6-4-5-9-7-11(8)3/h5H,1,4,6-7H2,2-3H3. The summed E-state index contributed by atoms with van der Waals surface area (Å²) in [7, 11) is 4.06. The van der Waals surface area contributed by atoms with E-state index < -0.39 is 0 Å². The van der Waals surface area contributed by atoms with E-state index in [1.165, 1.54) is 0 Å². The van der Waals surface area contributed by atoms with Crippen LogP contribution in [0.2, 0.25) is 0 Å². The largest absolute Gasteiger partial charge is 0.361 e. The molecule has 0 aromatic heterocycles. The maximum absolute atomic E-state index is 4.21. The summed E-state index contributed by atoms with van der Waals surface area (Å²) in [5.41, 5.74) is 0. The Balaban J connectivity index is 2.62. The number of hydrogen-bond donors (Lipinski definition) is 0. The van der Waals surface area contributed by atoms with Gasteiger partial charge in [-0.3, -0.25) is 4.99 Å². The van der Waals surface area contributed by atoms with Crippen molar-refractivity contribution in [2.75, 3.05) is 27.3 Å². The van der Waals surface area contributed by atoms with Gasteiger partial charge in [-0.05, 0) is 6.42 Å². The van der Waals surface area contributed by atoms with Gasteiger partial charge in [0.1, 0.15) is 6.67 Å². The number of hydrogen-bond acceptors (Lipinski definition) is 3. The smallest absolute Gasteiger partial charge is 0.110 e. The van der Waals surface area contributed by atoms with Crippen LogP contribution in [0.5, 0.6) is 0 Å². The Kier molecular flexibility index (Phi) is 2.52. The Hall–Kier alpha value is -0.990. The van der Waals surface area contributed by atoms with Gasteiger partial charge in [0, 0.05) is 26.9 Å². The zero-order valence-corrected chi connectivity index (χ0v) is 7.25. The van der Waals surface area contributed by atoms with E-state index in [9.17, 15) is 0 Å². The summed E-state index contributed by atoms with van der Waals surface area (Å²) in [6.45, 7) is 5.69. The molecule has 0 bridgehead atoms. The van der Waals surface area contributed by atoms with Gasteiger partial charge in [-0.25, -0.2) is 0 Å². The highest BCUT2D eigenvalue weighted by molar-refractivity contribution is 5.57. The van der Waals surface area contributed by atoms with E-state index in [1.807, 2.05) is 18.2 Å². The first-order valence-corrected chi connectivity index (χ1v) is 3.81. The summed E-state index contributed by atoms with van der Waals surface area (Å²) >= 11 is 0. The molecule has 62 valence electrons. The predicted molar refractivity (Wildman–Crippen MR) is 47.5 cm³/mol. The van der Waals surface area contributed by atoms with Gasteiger partial charge in [-0.2, -0.15) is 0 Å².